The maximum atomic E-state index is 14.4. The molecule has 2 saturated heterocycles. The second-order valence-corrected chi connectivity index (χ2v) is 7.39. The van der Waals surface area contributed by atoms with Gasteiger partial charge in [-0.05, 0) is 25.1 Å². The van der Waals surface area contributed by atoms with Crippen molar-refractivity contribution in [1.82, 2.24) is 10.7 Å². The van der Waals surface area contributed by atoms with Gasteiger partial charge >= 0.3 is 0 Å². The quantitative estimate of drug-likeness (QED) is 0.107. The molecule has 0 saturated carbocycles. The van der Waals surface area contributed by atoms with Crippen LogP contribution in [-0.4, -0.2) is 36.6 Å². The number of amidine groups is 1. The first-order valence-corrected chi connectivity index (χ1v) is 9.60. The summed E-state index contributed by atoms with van der Waals surface area (Å²) in [5.74, 6) is 6.28. The molecule has 1 aromatic carbocycles. The standard InChI is InChI=1S/C18H24FN5O2S/c1-3-6-27-11-4-5-13(12(19)7-11)23-18(24-21)10(2)17(20)26-15-8-16-22-14(15)9-25-16/h3-5,7,14-16,22H,1,6,8-9,20-21H2,2H3,(H,23,24). The number of rotatable bonds is 7. The van der Waals surface area contributed by atoms with E-state index in [9.17, 15) is 4.39 Å². The van der Waals surface area contributed by atoms with Gasteiger partial charge in [0.15, 0.2) is 5.88 Å². The number of thioether (sulfide) groups is 1. The number of aliphatic imine (C=N–C) groups is 1. The van der Waals surface area contributed by atoms with Crippen molar-refractivity contribution in [3.8, 4) is 0 Å². The molecule has 2 bridgehead atoms. The summed E-state index contributed by atoms with van der Waals surface area (Å²) >= 11 is 1.49. The lowest BCUT2D eigenvalue weighted by molar-refractivity contribution is 0.00474. The lowest BCUT2D eigenvalue weighted by Crippen LogP contribution is -2.36. The van der Waals surface area contributed by atoms with E-state index >= 15 is 0 Å². The third kappa shape index (κ3) is 4.62. The highest BCUT2D eigenvalue weighted by molar-refractivity contribution is 7.99. The Morgan fingerprint density at radius 2 is 2.41 bits per heavy atom. The Hall–Kier alpha value is -2.07. The number of halogens is 1. The number of hydrogen-bond donors (Lipinski definition) is 4. The van der Waals surface area contributed by atoms with Gasteiger partial charge in [-0.25, -0.2) is 15.2 Å². The van der Waals surface area contributed by atoms with Gasteiger partial charge in [-0.1, -0.05) is 6.08 Å². The Morgan fingerprint density at radius 3 is 3.00 bits per heavy atom. The van der Waals surface area contributed by atoms with Crippen molar-refractivity contribution in [2.45, 2.75) is 36.6 Å². The number of nitrogens with zero attached hydrogens (tertiary/aromatic N) is 1. The minimum atomic E-state index is -0.446. The average molecular weight is 393 g/mol. The number of benzene rings is 1. The van der Waals surface area contributed by atoms with Crippen molar-refractivity contribution in [2.24, 2.45) is 16.6 Å². The zero-order valence-electron chi connectivity index (χ0n) is 15.1. The third-order valence-corrected chi connectivity index (χ3v) is 5.42. The molecule has 0 spiro atoms. The number of fused-ring (bicyclic) bond motifs is 2. The first kappa shape index (κ1) is 19.7. The van der Waals surface area contributed by atoms with Crippen LogP contribution in [0.4, 0.5) is 10.1 Å². The highest BCUT2D eigenvalue weighted by Gasteiger charge is 2.42. The summed E-state index contributed by atoms with van der Waals surface area (Å²) in [6.07, 6.45) is 2.43. The molecule has 3 rings (SSSR count). The molecule has 2 heterocycles. The summed E-state index contributed by atoms with van der Waals surface area (Å²) in [7, 11) is 0. The van der Waals surface area contributed by atoms with Gasteiger partial charge in [0.25, 0.3) is 0 Å². The summed E-state index contributed by atoms with van der Waals surface area (Å²) in [6.45, 7) is 5.97. The maximum absolute atomic E-state index is 14.4. The first-order valence-electron chi connectivity index (χ1n) is 8.61. The molecule has 0 amide bonds. The predicted molar refractivity (Wildman–Crippen MR) is 105 cm³/mol. The molecule has 2 aliphatic heterocycles. The lowest BCUT2D eigenvalue weighted by Gasteiger charge is -2.22. The van der Waals surface area contributed by atoms with Gasteiger partial charge in [-0.3, -0.25) is 5.32 Å². The summed E-state index contributed by atoms with van der Waals surface area (Å²) in [4.78, 5) is 5.06. The zero-order valence-corrected chi connectivity index (χ0v) is 15.9. The van der Waals surface area contributed by atoms with Crippen molar-refractivity contribution in [3.63, 3.8) is 0 Å². The van der Waals surface area contributed by atoms with Gasteiger partial charge in [0.1, 0.15) is 29.7 Å². The van der Waals surface area contributed by atoms with Gasteiger partial charge < -0.3 is 20.6 Å². The molecule has 6 N–H and O–H groups in total. The largest absolute Gasteiger partial charge is 0.474 e. The van der Waals surface area contributed by atoms with Crippen LogP contribution in [0.15, 0.2) is 52.2 Å². The molecule has 0 radical (unpaired) electrons. The van der Waals surface area contributed by atoms with Crippen LogP contribution in [0.5, 0.6) is 0 Å². The van der Waals surface area contributed by atoms with E-state index in [4.69, 9.17) is 21.1 Å². The summed E-state index contributed by atoms with van der Waals surface area (Å²) in [5.41, 5.74) is 9.22. The smallest absolute Gasteiger partial charge is 0.191 e. The lowest BCUT2D eigenvalue weighted by atomic mass is 10.1. The number of nitrogens with two attached hydrogens (primary N) is 2. The Kier molecular flexibility index (Phi) is 6.38. The molecule has 9 heteroatoms. The highest BCUT2D eigenvalue weighted by atomic mass is 32.2. The van der Waals surface area contributed by atoms with Crippen LogP contribution >= 0.6 is 11.8 Å². The second-order valence-electron chi connectivity index (χ2n) is 6.29. The number of nitrogens with one attached hydrogen (secondary N) is 2. The highest BCUT2D eigenvalue weighted by Crippen LogP contribution is 2.27. The average Bonchev–Trinajstić information content (AvgIpc) is 3.28. The van der Waals surface area contributed by atoms with E-state index in [1.807, 2.05) is 0 Å². The molecule has 146 valence electrons. The Balaban J connectivity index is 1.75. The molecule has 3 atom stereocenters. The van der Waals surface area contributed by atoms with Gasteiger partial charge in [0.2, 0.25) is 0 Å². The molecule has 7 nitrogen and oxygen atoms in total. The van der Waals surface area contributed by atoms with Crippen LogP contribution in [-0.2, 0) is 9.47 Å². The topological polar surface area (TPSA) is 107 Å². The van der Waals surface area contributed by atoms with Crippen LogP contribution in [0.25, 0.3) is 0 Å². The Morgan fingerprint density at radius 1 is 1.59 bits per heavy atom. The van der Waals surface area contributed by atoms with Crippen LogP contribution in [0.3, 0.4) is 0 Å². The fraction of sp³-hybridized carbons (Fsp3) is 0.389. The molecule has 27 heavy (non-hydrogen) atoms. The molecule has 2 fully saturated rings. The SMILES string of the molecule is C=CCSc1ccc(N=C(NN)C(C)=C(N)OC2CC3NC2CO3)c(F)c1. The molecule has 0 aliphatic carbocycles. The Labute approximate surface area is 162 Å². The monoisotopic (exact) mass is 393 g/mol. The van der Waals surface area contributed by atoms with Crippen LogP contribution in [0, 0.1) is 5.82 Å². The summed E-state index contributed by atoms with van der Waals surface area (Å²) < 4.78 is 25.7. The van der Waals surface area contributed by atoms with E-state index in [0.29, 0.717) is 17.9 Å². The zero-order chi connectivity index (χ0) is 19.4. The number of hydrazine groups is 1. The number of hydrogen-bond acceptors (Lipinski definition) is 7. The van der Waals surface area contributed by atoms with Gasteiger partial charge in [0.05, 0.1) is 18.2 Å². The fourth-order valence-electron chi connectivity index (χ4n) is 2.95. The van der Waals surface area contributed by atoms with Crippen molar-refractivity contribution < 1.29 is 13.9 Å². The van der Waals surface area contributed by atoms with E-state index in [0.717, 1.165) is 11.3 Å². The van der Waals surface area contributed by atoms with Gasteiger partial charge in [0, 0.05) is 17.1 Å². The minimum Gasteiger partial charge on any atom is -0.474 e. The van der Waals surface area contributed by atoms with Crippen LogP contribution in [0.2, 0.25) is 0 Å². The maximum Gasteiger partial charge on any atom is 0.191 e. The van der Waals surface area contributed by atoms with E-state index in [1.165, 1.54) is 17.8 Å². The van der Waals surface area contributed by atoms with Crippen molar-refractivity contribution >= 4 is 23.3 Å². The first-order chi connectivity index (χ1) is 13.0. The van der Waals surface area contributed by atoms with E-state index < -0.39 is 5.82 Å². The van der Waals surface area contributed by atoms with Crippen molar-refractivity contribution in [1.29, 1.82) is 0 Å². The molecule has 2 aliphatic rings. The fourth-order valence-corrected chi connectivity index (χ4v) is 3.61. The minimum absolute atomic E-state index is 0.0143. The summed E-state index contributed by atoms with van der Waals surface area (Å²) in [5, 5.41) is 3.28. The molecule has 3 unspecified atom stereocenters. The van der Waals surface area contributed by atoms with E-state index in [2.05, 4.69) is 22.3 Å². The van der Waals surface area contributed by atoms with Crippen LogP contribution < -0.4 is 22.3 Å². The van der Waals surface area contributed by atoms with Crippen LogP contribution in [0.1, 0.15) is 13.3 Å². The Bertz CT molecular complexity index is 770. The molecule has 0 aromatic heterocycles. The van der Waals surface area contributed by atoms with Gasteiger partial charge in [-0.2, -0.15) is 0 Å². The van der Waals surface area contributed by atoms with E-state index in [-0.39, 0.29) is 35.8 Å². The van der Waals surface area contributed by atoms with Crippen molar-refractivity contribution in [2.75, 3.05) is 12.4 Å². The predicted octanol–water partition coefficient (Wildman–Crippen LogP) is 1.89. The third-order valence-electron chi connectivity index (χ3n) is 4.43. The van der Waals surface area contributed by atoms with Crippen molar-refractivity contribution in [3.05, 3.63) is 48.1 Å². The van der Waals surface area contributed by atoms with E-state index in [1.54, 1.807) is 25.1 Å². The summed E-state index contributed by atoms with van der Waals surface area (Å²) in [6, 6.07) is 4.94. The normalized spacial score (nSPS) is 25.3. The molecular formula is C18H24FN5O2S. The molecule has 1 aromatic rings. The van der Waals surface area contributed by atoms with Gasteiger partial charge in [-0.15, -0.1) is 18.3 Å². The number of ether oxygens (including phenoxy) is 2. The second kappa shape index (κ2) is 8.75. The molecular weight excluding hydrogens is 369 g/mol.